The number of anilines is 1. The summed E-state index contributed by atoms with van der Waals surface area (Å²) in [5.74, 6) is 0.759. The Morgan fingerprint density at radius 1 is 0.971 bits per heavy atom. The number of amides is 1. The van der Waals surface area contributed by atoms with Gasteiger partial charge in [-0.1, -0.05) is 65.1 Å². The third-order valence-electron chi connectivity index (χ3n) is 5.26. The van der Waals surface area contributed by atoms with Gasteiger partial charge in [0.2, 0.25) is 0 Å². The van der Waals surface area contributed by atoms with Crippen LogP contribution < -0.4 is 10.1 Å². The summed E-state index contributed by atoms with van der Waals surface area (Å²) in [6, 6.07) is 18.6. The first-order chi connectivity index (χ1) is 16.3. The Balaban J connectivity index is 1.44. The molecule has 0 atom stereocenters. The summed E-state index contributed by atoms with van der Waals surface area (Å²) in [5, 5.41) is 8.52. The molecule has 5 nitrogen and oxygen atoms in total. The molecule has 0 saturated heterocycles. The maximum absolute atomic E-state index is 12.9. The van der Waals surface area contributed by atoms with Crippen LogP contribution in [0.2, 0.25) is 15.1 Å². The lowest BCUT2D eigenvalue weighted by atomic mass is 10.1. The van der Waals surface area contributed by atoms with Gasteiger partial charge in [0.05, 0.1) is 6.54 Å². The summed E-state index contributed by atoms with van der Waals surface area (Å²) < 4.78 is 7.55. The predicted molar refractivity (Wildman–Crippen MR) is 137 cm³/mol. The molecule has 0 radical (unpaired) electrons. The number of rotatable bonds is 7. The molecule has 3 aromatic carbocycles. The average molecular weight is 515 g/mol. The topological polar surface area (TPSA) is 56.1 Å². The van der Waals surface area contributed by atoms with Gasteiger partial charge < -0.3 is 10.1 Å². The van der Waals surface area contributed by atoms with Crippen molar-refractivity contribution in [1.29, 1.82) is 0 Å². The van der Waals surface area contributed by atoms with E-state index in [1.165, 1.54) is 0 Å². The van der Waals surface area contributed by atoms with Gasteiger partial charge in [-0.3, -0.25) is 9.48 Å². The summed E-state index contributed by atoms with van der Waals surface area (Å²) in [6.45, 7) is 4.69. The zero-order valence-corrected chi connectivity index (χ0v) is 20.9. The van der Waals surface area contributed by atoms with Crippen molar-refractivity contribution in [1.82, 2.24) is 9.78 Å². The van der Waals surface area contributed by atoms with Gasteiger partial charge in [0.1, 0.15) is 17.4 Å². The van der Waals surface area contributed by atoms with Crippen LogP contribution in [0, 0.1) is 13.8 Å². The number of nitrogens with one attached hydrogen (secondary N) is 1. The molecule has 8 heteroatoms. The molecule has 0 unspecified atom stereocenters. The normalized spacial score (nSPS) is 10.9. The lowest BCUT2D eigenvalue weighted by molar-refractivity contribution is 0.102. The molecule has 1 aromatic heterocycles. The van der Waals surface area contributed by atoms with Crippen molar-refractivity contribution in [2.75, 3.05) is 5.32 Å². The van der Waals surface area contributed by atoms with Crippen LogP contribution in [0.15, 0.2) is 66.9 Å². The number of aromatic nitrogens is 2. The fourth-order valence-corrected chi connectivity index (χ4v) is 4.13. The number of benzene rings is 3. The molecule has 0 spiro atoms. The number of aryl methyl sites for hydroxylation is 2. The second-order valence-corrected chi connectivity index (χ2v) is 9.16. The minimum absolute atomic E-state index is 0.256. The SMILES string of the molecule is Cc1ccc(C)c(OCc2cccc(C(=O)Nc3nn(Cc4c(Cl)cccc4Cl)cc3Cl)c2)c1. The maximum Gasteiger partial charge on any atom is 0.256 e. The van der Waals surface area contributed by atoms with Gasteiger partial charge in [-0.15, -0.1) is 0 Å². The smallest absolute Gasteiger partial charge is 0.256 e. The highest BCUT2D eigenvalue weighted by Crippen LogP contribution is 2.27. The molecule has 4 aromatic rings. The van der Waals surface area contributed by atoms with E-state index in [4.69, 9.17) is 39.5 Å². The van der Waals surface area contributed by atoms with E-state index in [1.807, 2.05) is 44.2 Å². The number of hydrogen-bond donors (Lipinski definition) is 1. The third-order valence-corrected chi connectivity index (χ3v) is 6.24. The first-order valence-electron chi connectivity index (χ1n) is 10.6. The lowest BCUT2D eigenvalue weighted by Crippen LogP contribution is -2.13. The lowest BCUT2D eigenvalue weighted by Gasteiger charge is -2.11. The van der Waals surface area contributed by atoms with Crippen LogP contribution in [0.5, 0.6) is 5.75 Å². The van der Waals surface area contributed by atoms with Crippen LogP contribution in [-0.4, -0.2) is 15.7 Å². The Morgan fingerprint density at radius 2 is 1.71 bits per heavy atom. The van der Waals surface area contributed by atoms with Crippen LogP contribution in [0.4, 0.5) is 5.82 Å². The van der Waals surface area contributed by atoms with Gasteiger partial charge in [0, 0.05) is 27.4 Å². The van der Waals surface area contributed by atoms with E-state index in [-0.39, 0.29) is 11.7 Å². The second-order valence-electron chi connectivity index (χ2n) is 7.94. The highest BCUT2D eigenvalue weighted by atomic mass is 35.5. The Kier molecular flexibility index (Phi) is 7.47. The molecular weight excluding hydrogens is 493 g/mol. The molecule has 1 heterocycles. The molecule has 174 valence electrons. The highest BCUT2D eigenvalue weighted by Gasteiger charge is 2.15. The van der Waals surface area contributed by atoms with Crippen molar-refractivity contribution < 1.29 is 9.53 Å². The van der Waals surface area contributed by atoms with Crippen molar-refractivity contribution in [3.63, 3.8) is 0 Å². The summed E-state index contributed by atoms with van der Waals surface area (Å²) in [5.41, 5.74) is 4.25. The van der Waals surface area contributed by atoms with Crippen LogP contribution in [0.1, 0.15) is 32.6 Å². The van der Waals surface area contributed by atoms with E-state index in [0.717, 1.165) is 28.0 Å². The van der Waals surface area contributed by atoms with Crippen molar-refractivity contribution >= 4 is 46.5 Å². The van der Waals surface area contributed by atoms with Crippen LogP contribution >= 0.6 is 34.8 Å². The van der Waals surface area contributed by atoms with E-state index >= 15 is 0 Å². The van der Waals surface area contributed by atoms with Crippen molar-refractivity contribution in [2.24, 2.45) is 0 Å². The quantitative estimate of drug-likeness (QED) is 0.281. The number of halogens is 3. The molecule has 0 aliphatic carbocycles. The number of ether oxygens (including phenoxy) is 1. The van der Waals surface area contributed by atoms with E-state index in [1.54, 1.807) is 41.2 Å². The van der Waals surface area contributed by atoms with Crippen molar-refractivity contribution in [3.8, 4) is 5.75 Å². The zero-order chi connectivity index (χ0) is 24.2. The first-order valence-corrected chi connectivity index (χ1v) is 11.7. The molecule has 1 N–H and O–H groups in total. The predicted octanol–water partition coefficient (Wildman–Crippen LogP) is 7.34. The Labute approximate surface area is 213 Å². The molecular formula is C26H22Cl3N3O2. The summed E-state index contributed by atoms with van der Waals surface area (Å²) in [6.07, 6.45) is 1.62. The fourth-order valence-electron chi connectivity index (χ4n) is 3.41. The van der Waals surface area contributed by atoms with Gasteiger partial charge in [-0.25, -0.2) is 0 Å². The Bertz CT molecular complexity index is 1330. The molecule has 0 bridgehead atoms. The fraction of sp³-hybridized carbons (Fsp3) is 0.154. The van der Waals surface area contributed by atoms with Gasteiger partial charge >= 0.3 is 0 Å². The zero-order valence-electron chi connectivity index (χ0n) is 18.6. The van der Waals surface area contributed by atoms with Gasteiger partial charge in [-0.2, -0.15) is 5.10 Å². The van der Waals surface area contributed by atoms with E-state index in [0.29, 0.717) is 33.8 Å². The minimum atomic E-state index is -0.323. The van der Waals surface area contributed by atoms with Crippen LogP contribution in [0.25, 0.3) is 0 Å². The Morgan fingerprint density at radius 3 is 2.47 bits per heavy atom. The monoisotopic (exact) mass is 513 g/mol. The van der Waals surface area contributed by atoms with Gasteiger partial charge in [-0.05, 0) is 60.9 Å². The van der Waals surface area contributed by atoms with Crippen molar-refractivity contribution in [2.45, 2.75) is 27.0 Å². The Hall–Kier alpha value is -2.99. The summed E-state index contributed by atoms with van der Waals surface area (Å²) >= 11 is 18.8. The first kappa shape index (κ1) is 24.1. The molecule has 4 rings (SSSR count). The number of nitrogens with zero attached hydrogens (tertiary/aromatic N) is 2. The third kappa shape index (κ3) is 5.73. The van der Waals surface area contributed by atoms with Gasteiger partial charge in [0.25, 0.3) is 5.91 Å². The average Bonchev–Trinajstić information content (AvgIpc) is 3.15. The number of hydrogen-bond acceptors (Lipinski definition) is 3. The highest BCUT2D eigenvalue weighted by molar-refractivity contribution is 6.36. The maximum atomic E-state index is 12.9. The largest absolute Gasteiger partial charge is 0.489 e. The van der Waals surface area contributed by atoms with E-state index in [9.17, 15) is 4.79 Å². The molecule has 0 aliphatic rings. The van der Waals surface area contributed by atoms with E-state index < -0.39 is 0 Å². The molecule has 34 heavy (non-hydrogen) atoms. The van der Waals surface area contributed by atoms with Gasteiger partial charge in [0.15, 0.2) is 5.82 Å². The van der Waals surface area contributed by atoms with Crippen molar-refractivity contribution in [3.05, 3.63) is 110 Å². The van der Waals surface area contributed by atoms with E-state index in [2.05, 4.69) is 10.4 Å². The molecule has 1 amide bonds. The minimum Gasteiger partial charge on any atom is -0.489 e. The molecule has 0 saturated carbocycles. The molecule has 0 aliphatic heterocycles. The standard InChI is InChI=1S/C26H22Cl3N3O2/c1-16-9-10-17(2)24(11-16)34-15-18-5-3-6-19(12-18)26(33)30-25-23(29)14-32(31-25)13-20-21(27)7-4-8-22(20)28/h3-12,14H,13,15H2,1-2H3,(H,30,31,33). The van der Waals surface area contributed by atoms with Crippen LogP contribution in [0.3, 0.4) is 0 Å². The number of carbonyl (C=O) groups is 1. The van der Waals surface area contributed by atoms with Crippen LogP contribution in [-0.2, 0) is 13.2 Å². The number of carbonyl (C=O) groups excluding carboxylic acids is 1. The summed E-state index contributed by atoms with van der Waals surface area (Å²) in [4.78, 5) is 12.9. The summed E-state index contributed by atoms with van der Waals surface area (Å²) in [7, 11) is 0. The molecule has 0 fully saturated rings. The second kappa shape index (κ2) is 10.5.